The number of hydrogen-bond donors (Lipinski definition) is 1. The van der Waals surface area contributed by atoms with E-state index in [1.165, 1.54) is 0 Å². The van der Waals surface area contributed by atoms with E-state index in [1.54, 1.807) is 6.92 Å². The second-order valence-electron chi connectivity index (χ2n) is 1.93. The lowest BCUT2D eigenvalue weighted by molar-refractivity contribution is -0.139. The zero-order valence-electron chi connectivity index (χ0n) is 6.78. The van der Waals surface area contributed by atoms with Crippen molar-refractivity contribution in [1.82, 2.24) is 0 Å². The Bertz CT molecular complexity index is 241. The lowest BCUT2D eigenvalue weighted by atomic mass is 10.2. The van der Waals surface area contributed by atoms with Crippen molar-refractivity contribution in [3.63, 3.8) is 0 Å². The van der Waals surface area contributed by atoms with Crippen LogP contribution in [0.4, 0.5) is 0 Å². The van der Waals surface area contributed by atoms with Gasteiger partial charge >= 0.3 is 11.7 Å². The number of carbonyl (C=O) groups is 1. The van der Waals surface area contributed by atoms with E-state index in [0.717, 1.165) is 0 Å². The van der Waals surface area contributed by atoms with Crippen LogP contribution < -0.4 is 0 Å². The van der Waals surface area contributed by atoms with Gasteiger partial charge in [-0.15, -0.1) is 0 Å². The normalized spacial score (nSPS) is 8.50. The lowest BCUT2D eigenvalue weighted by Crippen LogP contribution is -2.21. The van der Waals surface area contributed by atoms with Gasteiger partial charge in [-0.25, -0.2) is 4.79 Å². The highest BCUT2D eigenvalue weighted by atomic mass is 16.5. The molecule has 0 aromatic heterocycles. The first-order valence-corrected chi connectivity index (χ1v) is 3.35. The Morgan fingerprint density at radius 1 is 1.75 bits per heavy atom. The molecule has 5 nitrogen and oxygen atoms in total. The quantitative estimate of drug-likeness (QED) is 0.274. The predicted molar refractivity (Wildman–Crippen MR) is 41.5 cm³/mol. The van der Waals surface area contributed by atoms with Crippen LogP contribution in [0.1, 0.15) is 6.92 Å². The van der Waals surface area contributed by atoms with E-state index >= 15 is 0 Å². The number of ether oxygens (including phenoxy) is 1. The Kier molecular flexibility index (Phi) is 4.60. The Labute approximate surface area is 69.9 Å². The maximum absolute atomic E-state index is 10.9. The fraction of sp³-hybridized carbons (Fsp3) is 0.429. The van der Waals surface area contributed by atoms with Gasteiger partial charge in [0.25, 0.3) is 0 Å². The average molecular weight is 170 g/mol. The molecule has 0 aliphatic carbocycles. The van der Waals surface area contributed by atoms with Gasteiger partial charge in [-0.2, -0.15) is 4.79 Å². The number of nitrogens with zero attached hydrogens (tertiary/aromatic N) is 2. The molecule has 0 fully saturated rings. The number of aliphatic hydroxyl groups is 1. The zero-order valence-corrected chi connectivity index (χ0v) is 6.78. The summed E-state index contributed by atoms with van der Waals surface area (Å²) in [6, 6.07) is 0. The van der Waals surface area contributed by atoms with E-state index in [1.807, 2.05) is 0 Å². The molecule has 0 aliphatic rings. The lowest BCUT2D eigenvalue weighted by Gasteiger charge is -1.96. The molecule has 0 atom stereocenters. The van der Waals surface area contributed by atoms with Gasteiger partial charge < -0.3 is 15.4 Å². The monoisotopic (exact) mass is 170 g/mol. The summed E-state index contributed by atoms with van der Waals surface area (Å²) in [4.78, 5) is 13.5. The molecule has 0 unspecified atom stereocenters. The highest BCUT2D eigenvalue weighted by Crippen LogP contribution is 1.93. The number of rotatable bonds is 4. The summed E-state index contributed by atoms with van der Waals surface area (Å²) >= 11 is 0. The summed E-state index contributed by atoms with van der Waals surface area (Å²) in [7, 11) is 0. The SMILES string of the molecule is C=C(CO)C(=[N+]=[N-])C(=O)OCC. The molecule has 0 amide bonds. The van der Waals surface area contributed by atoms with Crippen molar-refractivity contribution in [2.75, 3.05) is 13.2 Å². The molecule has 12 heavy (non-hydrogen) atoms. The van der Waals surface area contributed by atoms with E-state index in [9.17, 15) is 4.79 Å². The molecule has 66 valence electrons. The molecule has 0 heterocycles. The van der Waals surface area contributed by atoms with Gasteiger partial charge in [-0.3, -0.25) is 0 Å². The van der Waals surface area contributed by atoms with Crippen molar-refractivity contribution >= 4 is 11.7 Å². The van der Waals surface area contributed by atoms with Crippen LogP contribution in [-0.2, 0) is 9.53 Å². The predicted octanol–water partition coefficient (Wildman–Crippen LogP) is -0.231. The van der Waals surface area contributed by atoms with Crippen LogP contribution in [0.3, 0.4) is 0 Å². The molecule has 0 aromatic rings. The highest BCUT2D eigenvalue weighted by Gasteiger charge is 2.24. The maximum atomic E-state index is 10.9. The largest absolute Gasteiger partial charge is 0.457 e. The van der Waals surface area contributed by atoms with Crippen molar-refractivity contribution in [2.45, 2.75) is 6.92 Å². The Morgan fingerprint density at radius 2 is 2.33 bits per heavy atom. The summed E-state index contributed by atoms with van der Waals surface area (Å²) in [5.74, 6) is -0.793. The molecule has 0 saturated carbocycles. The summed E-state index contributed by atoms with van der Waals surface area (Å²) in [6.07, 6.45) is 0. The third-order valence-electron chi connectivity index (χ3n) is 1.09. The van der Waals surface area contributed by atoms with Crippen molar-refractivity contribution in [2.24, 2.45) is 0 Å². The summed E-state index contributed by atoms with van der Waals surface area (Å²) in [6.45, 7) is 4.66. The van der Waals surface area contributed by atoms with Crippen molar-refractivity contribution in [1.29, 1.82) is 0 Å². The topological polar surface area (TPSA) is 82.9 Å². The van der Waals surface area contributed by atoms with E-state index < -0.39 is 12.6 Å². The van der Waals surface area contributed by atoms with Crippen LogP contribution in [0.5, 0.6) is 0 Å². The second kappa shape index (κ2) is 5.23. The highest BCUT2D eigenvalue weighted by molar-refractivity contribution is 6.40. The number of esters is 1. The molecule has 5 heteroatoms. The molecular weight excluding hydrogens is 160 g/mol. The fourth-order valence-corrected chi connectivity index (χ4v) is 0.530. The molecule has 1 N–H and O–H groups in total. The molecule has 0 spiro atoms. The van der Waals surface area contributed by atoms with Crippen LogP contribution in [0.2, 0.25) is 0 Å². The van der Waals surface area contributed by atoms with Gasteiger partial charge in [0.1, 0.15) is 0 Å². The fourth-order valence-electron chi connectivity index (χ4n) is 0.530. The molecule has 0 radical (unpaired) electrons. The minimum atomic E-state index is -0.793. The van der Waals surface area contributed by atoms with Gasteiger partial charge in [-0.05, 0) is 6.92 Å². The van der Waals surface area contributed by atoms with Gasteiger partial charge in [-0.1, -0.05) is 6.58 Å². The first kappa shape index (κ1) is 10.6. The Morgan fingerprint density at radius 3 is 2.67 bits per heavy atom. The molecule has 0 saturated heterocycles. The van der Waals surface area contributed by atoms with Crippen molar-refractivity contribution in [3.8, 4) is 0 Å². The van der Waals surface area contributed by atoms with Gasteiger partial charge in [0.2, 0.25) is 0 Å². The third-order valence-corrected chi connectivity index (χ3v) is 1.09. The first-order valence-electron chi connectivity index (χ1n) is 3.35. The van der Waals surface area contributed by atoms with Gasteiger partial charge in [0.15, 0.2) is 0 Å². The maximum Gasteiger partial charge on any atom is 0.421 e. The first-order chi connectivity index (χ1) is 5.67. The van der Waals surface area contributed by atoms with Gasteiger partial charge in [0, 0.05) is 0 Å². The minimum absolute atomic E-state index is 0.0240. The summed E-state index contributed by atoms with van der Waals surface area (Å²) in [5, 5.41) is 8.55. The molecule has 0 rings (SSSR count). The molecule has 0 bridgehead atoms. The molecular formula is C7H10N2O3. The number of hydrogen-bond acceptors (Lipinski definition) is 3. The third kappa shape index (κ3) is 2.65. The molecule has 0 aliphatic heterocycles. The average Bonchev–Trinajstić information content (AvgIpc) is 2.06. The number of carbonyl (C=O) groups excluding carboxylic acids is 1. The number of aliphatic hydroxyl groups excluding tert-OH is 1. The molecule has 0 aromatic carbocycles. The van der Waals surface area contributed by atoms with Gasteiger partial charge in [0.05, 0.1) is 18.8 Å². The summed E-state index contributed by atoms with van der Waals surface area (Å²) in [5.41, 5.74) is 8.02. The minimum Gasteiger partial charge on any atom is -0.457 e. The van der Waals surface area contributed by atoms with E-state index in [4.69, 9.17) is 10.6 Å². The van der Waals surface area contributed by atoms with Crippen LogP contribution in [0.25, 0.3) is 5.53 Å². The zero-order chi connectivity index (χ0) is 9.56. The Hall–Kier alpha value is -1.45. The Balaban J connectivity index is 4.48. The van der Waals surface area contributed by atoms with Crippen LogP contribution in [0.15, 0.2) is 12.2 Å². The van der Waals surface area contributed by atoms with E-state index in [0.29, 0.717) is 0 Å². The smallest absolute Gasteiger partial charge is 0.421 e. The summed E-state index contributed by atoms with van der Waals surface area (Å²) < 4.78 is 4.52. The van der Waals surface area contributed by atoms with Crippen molar-refractivity contribution < 1.29 is 19.4 Å². The van der Waals surface area contributed by atoms with Crippen LogP contribution in [0, 0.1) is 0 Å². The van der Waals surface area contributed by atoms with E-state index in [2.05, 4.69) is 16.1 Å². The van der Waals surface area contributed by atoms with E-state index in [-0.39, 0.29) is 17.9 Å². The van der Waals surface area contributed by atoms with Crippen LogP contribution >= 0.6 is 0 Å². The standard InChI is InChI=1S/C7H10N2O3/c1-3-12-7(11)6(9-8)5(2)4-10/h10H,2-4H2,1H3. The van der Waals surface area contributed by atoms with Crippen LogP contribution in [-0.4, -0.2) is 34.8 Å². The second-order valence-corrected chi connectivity index (χ2v) is 1.93. The van der Waals surface area contributed by atoms with Crippen molar-refractivity contribution in [3.05, 3.63) is 17.7 Å².